The molecule has 1 aliphatic rings. The molecular weight excluding hydrogens is 284 g/mol. The molecule has 21 heavy (non-hydrogen) atoms. The van der Waals surface area contributed by atoms with Crippen LogP contribution in [0.15, 0.2) is 0 Å². The zero-order valence-corrected chi connectivity index (χ0v) is 13.7. The second-order valence-corrected chi connectivity index (χ2v) is 6.33. The van der Waals surface area contributed by atoms with Gasteiger partial charge in [0.2, 0.25) is 17.8 Å². The van der Waals surface area contributed by atoms with E-state index in [1.54, 1.807) is 0 Å². The molecule has 0 aliphatic carbocycles. The molecule has 0 bridgehead atoms. The maximum Gasteiger partial charge on any atom is 0.231 e. The lowest BCUT2D eigenvalue weighted by Gasteiger charge is -2.26. The average molecular weight is 310 g/mol. The van der Waals surface area contributed by atoms with E-state index in [9.17, 15) is 0 Å². The van der Waals surface area contributed by atoms with E-state index in [4.69, 9.17) is 5.73 Å². The molecule has 2 rings (SSSR count). The van der Waals surface area contributed by atoms with Crippen molar-refractivity contribution >= 4 is 29.6 Å². The summed E-state index contributed by atoms with van der Waals surface area (Å²) in [5.74, 6) is 2.85. The first-order chi connectivity index (χ1) is 10.3. The summed E-state index contributed by atoms with van der Waals surface area (Å²) in [6, 6.07) is 0. The molecule has 1 fully saturated rings. The van der Waals surface area contributed by atoms with Crippen molar-refractivity contribution in [2.45, 2.75) is 38.5 Å². The molecular formula is C14H26N6S. The number of hydrogen-bond donors (Lipinski definition) is 2. The Morgan fingerprint density at radius 1 is 1.10 bits per heavy atom. The molecule has 118 valence electrons. The minimum atomic E-state index is 0.301. The number of nitrogen functional groups attached to an aromatic ring is 1. The summed E-state index contributed by atoms with van der Waals surface area (Å²) in [4.78, 5) is 15.1. The number of nitrogens with zero attached hydrogens (tertiary/aromatic N) is 4. The van der Waals surface area contributed by atoms with Crippen LogP contribution in [0.25, 0.3) is 0 Å². The summed E-state index contributed by atoms with van der Waals surface area (Å²) >= 11 is 1.90. The Morgan fingerprint density at radius 3 is 2.67 bits per heavy atom. The fourth-order valence-corrected chi connectivity index (χ4v) is 2.94. The van der Waals surface area contributed by atoms with Gasteiger partial charge in [0.1, 0.15) is 0 Å². The van der Waals surface area contributed by atoms with E-state index >= 15 is 0 Å². The molecule has 0 unspecified atom stereocenters. The van der Waals surface area contributed by atoms with E-state index in [0.29, 0.717) is 17.8 Å². The Hall–Kier alpha value is -1.24. The number of hydrogen-bond acceptors (Lipinski definition) is 7. The number of nitrogens with two attached hydrogens (primary N) is 1. The van der Waals surface area contributed by atoms with Gasteiger partial charge in [-0.3, -0.25) is 0 Å². The summed E-state index contributed by atoms with van der Waals surface area (Å²) in [6.07, 6.45) is 9.46. The molecule has 0 saturated carbocycles. The van der Waals surface area contributed by atoms with Gasteiger partial charge < -0.3 is 16.0 Å². The fraction of sp³-hybridized carbons (Fsp3) is 0.786. The number of unbranched alkanes of at least 4 members (excludes halogenated alkanes) is 2. The summed E-state index contributed by atoms with van der Waals surface area (Å²) in [5, 5.41) is 3.27. The van der Waals surface area contributed by atoms with Crippen molar-refractivity contribution in [2.75, 3.05) is 47.6 Å². The summed E-state index contributed by atoms with van der Waals surface area (Å²) < 4.78 is 0. The van der Waals surface area contributed by atoms with Crippen molar-refractivity contribution in [1.29, 1.82) is 0 Å². The van der Waals surface area contributed by atoms with Crippen LogP contribution < -0.4 is 16.0 Å². The molecule has 1 aromatic rings. The van der Waals surface area contributed by atoms with Crippen LogP contribution in [0.5, 0.6) is 0 Å². The predicted octanol–water partition coefficient (Wildman–Crippen LogP) is 2.39. The van der Waals surface area contributed by atoms with E-state index in [0.717, 1.165) is 26.1 Å². The van der Waals surface area contributed by atoms with Crippen LogP contribution in [0.4, 0.5) is 17.8 Å². The lowest BCUT2D eigenvalue weighted by atomic mass is 10.1. The number of anilines is 3. The highest BCUT2D eigenvalue weighted by molar-refractivity contribution is 7.98. The average Bonchev–Trinajstić information content (AvgIpc) is 2.51. The number of thioether (sulfide) groups is 1. The van der Waals surface area contributed by atoms with Gasteiger partial charge in [0.15, 0.2) is 0 Å². The van der Waals surface area contributed by atoms with Gasteiger partial charge in [-0.05, 0) is 44.1 Å². The van der Waals surface area contributed by atoms with Gasteiger partial charge in [0, 0.05) is 19.6 Å². The molecule has 0 amide bonds. The Labute approximate surface area is 131 Å². The van der Waals surface area contributed by atoms with Crippen LogP contribution in [0.2, 0.25) is 0 Å². The van der Waals surface area contributed by atoms with Crippen molar-refractivity contribution in [3.05, 3.63) is 0 Å². The van der Waals surface area contributed by atoms with Crippen LogP contribution in [0, 0.1) is 0 Å². The van der Waals surface area contributed by atoms with Crippen LogP contribution in [0.3, 0.4) is 0 Å². The number of rotatable bonds is 8. The minimum absolute atomic E-state index is 0.301. The SMILES string of the molecule is CSCCCCCNc1nc(N)nc(N2CCCCC2)n1. The predicted molar refractivity (Wildman–Crippen MR) is 91.0 cm³/mol. The van der Waals surface area contributed by atoms with Crippen molar-refractivity contribution < 1.29 is 0 Å². The third-order valence-corrected chi connectivity index (χ3v) is 4.29. The molecule has 0 radical (unpaired) electrons. The van der Waals surface area contributed by atoms with E-state index < -0.39 is 0 Å². The molecule has 6 nitrogen and oxygen atoms in total. The smallest absolute Gasteiger partial charge is 0.231 e. The van der Waals surface area contributed by atoms with E-state index in [2.05, 4.69) is 31.4 Å². The van der Waals surface area contributed by atoms with Crippen LogP contribution >= 0.6 is 11.8 Å². The van der Waals surface area contributed by atoms with Gasteiger partial charge in [-0.15, -0.1) is 0 Å². The van der Waals surface area contributed by atoms with Gasteiger partial charge in [-0.25, -0.2) is 0 Å². The first-order valence-corrected chi connectivity index (χ1v) is 9.18. The highest BCUT2D eigenvalue weighted by Crippen LogP contribution is 2.17. The Kier molecular flexibility index (Phi) is 6.85. The summed E-state index contributed by atoms with van der Waals surface area (Å²) in [6.45, 7) is 2.91. The maximum absolute atomic E-state index is 5.80. The van der Waals surface area contributed by atoms with Crippen LogP contribution in [0.1, 0.15) is 38.5 Å². The molecule has 1 saturated heterocycles. The van der Waals surface area contributed by atoms with E-state index in [-0.39, 0.29) is 0 Å². The lowest BCUT2D eigenvalue weighted by molar-refractivity contribution is 0.568. The number of piperidine rings is 1. The third-order valence-electron chi connectivity index (χ3n) is 3.59. The van der Waals surface area contributed by atoms with Gasteiger partial charge >= 0.3 is 0 Å². The van der Waals surface area contributed by atoms with Crippen molar-refractivity contribution in [3.8, 4) is 0 Å². The number of nitrogens with one attached hydrogen (secondary N) is 1. The monoisotopic (exact) mass is 310 g/mol. The molecule has 2 heterocycles. The quantitative estimate of drug-likeness (QED) is 0.714. The molecule has 1 aliphatic heterocycles. The Balaban J connectivity index is 1.83. The molecule has 0 atom stereocenters. The zero-order chi connectivity index (χ0) is 14.9. The maximum atomic E-state index is 5.80. The van der Waals surface area contributed by atoms with Crippen molar-refractivity contribution in [1.82, 2.24) is 15.0 Å². The van der Waals surface area contributed by atoms with Crippen molar-refractivity contribution in [3.63, 3.8) is 0 Å². The molecule has 7 heteroatoms. The highest BCUT2D eigenvalue weighted by Gasteiger charge is 2.15. The highest BCUT2D eigenvalue weighted by atomic mass is 32.2. The Morgan fingerprint density at radius 2 is 1.90 bits per heavy atom. The third kappa shape index (κ3) is 5.57. The normalized spacial score (nSPS) is 15.2. The summed E-state index contributed by atoms with van der Waals surface area (Å²) in [5.41, 5.74) is 5.80. The minimum Gasteiger partial charge on any atom is -0.368 e. The number of aromatic nitrogens is 3. The molecule has 0 aromatic carbocycles. The Bertz CT molecular complexity index is 422. The fourth-order valence-electron chi connectivity index (χ4n) is 2.44. The zero-order valence-electron chi connectivity index (χ0n) is 12.8. The molecule has 3 N–H and O–H groups in total. The first kappa shape index (κ1) is 16.1. The van der Waals surface area contributed by atoms with Crippen LogP contribution in [-0.4, -0.2) is 46.6 Å². The van der Waals surface area contributed by atoms with Gasteiger partial charge in [0.05, 0.1) is 0 Å². The lowest BCUT2D eigenvalue weighted by Crippen LogP contribution is -2.31. The van der Waals surface area contributed by atoms with Gasteiger partial charge in [-0.2, -0.15) is 26.7 Å². The largest absolute Gasteiger partial charge is 0.368 e. The second kappa shape index (κ2) is 8.92. The van der Waals surface area contributed by atoms with E-state index in [1.165, 1.54) is 37.9 Å². The molecule has 1 aromatic heterocycles. The summed E-state index contributed by atoms with van der Waals surface area (Å²) in [7, 11) is 0. The van der Waals surface area contributed by atoms with Crippen LogP contribution in [-0.2, 0) is 0 Å². The second-order valence-electron chi connectivity index (χ2n) is 5.35. The molecule has 0 spiro atoms. The van der Waals surface area contributed by atoms with E-state index in [1.807, 2.05) is 11.8 Å². The van der Waals surface area contributed by atoms with Crippen molar-refractivity contribution in [2.24, 2.45) is 0 Å². The topological polar surface area (TPSA) is 80.0 Å². The van der Waals surface area contributed by atoms with Gasteiger partial charge in [0.25, 0.3) is 0 Å². The van der Waals surface area contributed by atoms with Gasteiger partial charge in [-0.1, -0.05) is 6.42 Å². The first-order valence-electron chi connectivity index (χ1n) is 7.79. The standard InChI is InChI=1S/C14H26N6S/c1-21-11-7-2-4-8-16-13-17-12(15)18-14(19-13)20-9-5-3-6-10-20/h2-11H2,1H3,(H3,15,16,17,18,19).